The molecule has 0 aliphatic heterocycles. The van der Waals surface area contributed by atoms with Crippen LogP contribution in [0.15, 0.2) is 0 Å². The highest BCUT2D eigenvalue weighted by atomic mass is 15.1. The highest BCUT2D eigenvalue weighted by molar-refractivity contribution is 4.54. The van der Waals surface area contributed by atoms with Crippen LogP contribution in [0.3, 0.4) is 0 Å². The lowest BCUT2D eigenvalue weighted by Gasteiger charge is -2.17. The van der Waals surface area contributed by atoms with Crippen molar-refractivity contribution in [3.63, 3.8) is 0 Å². The summed E-state index contributed by atoms with van der Waals surface area (Å²) in [6, 6.07) is 0. The average molecular weight is 186 g/mol. The van der Waals surface area contributed by atoms with Crippen LogP contribution in [0, 0.1) is 0 Å². The van der Waals surface area contributed by atoms with Gasteiger partial charge in [-0.3, -0.25) is 0 Å². The van der Waals surface area contributed by atoms with Crippen molar-refractivity contribution in [2.75, 3.05) is 32.7 Å². The Labute approximate surface area is 83.7 Å². The summed E-state index contributed by atoms with van der Waals surface area (Å²) >= 11 is 0. The Hall–Kier alpha value is -0.0800. The zero-order valence-electron chi connectivity index (χ0n) is 9.60. The Morgan fingerprint density at radius 3 is 2.08 bits per heavy atom. The smallest absolute Gasteiger partial charge is 0.000687 e. The third-order valence-electron chi connectivity index (χ3n) is 2.43. The molecule has 0 aliphatic carbocycles. The van der Waals surface area contributed by atoms with E-state index in [-0.39, 0.29) is 0 Å². The van der Waals surface area contributed by atoms with Gasteiger partial charge < -0.3 is 10.2 Å². The van der Waals surface area contributed by atoms with Crippen LogP contribution in [0.2, 0.25) is 0 Å². The zero-order chi connectivity index (χ0) is 9.94. The van der Waals surface area contributed by atoms with Gasteiger partial charge >= 0.3 is 0 Å². The molecular weight excluding hydrogens is 160 g/mol. The van der Waals surface area contributed by atoms with Crippen molar-refractivity contribution in [1.29, 1.82) is 0 Å². The molecule has 0 atom stereocenters. The van der Waals surface area contributed by atoms with E-state index in [2.05, 4.69) is 31.0 Å². The van der Waals surface area contributed by atoms with E-state index in [1.807, 2.05) is 0 Å². The van der Waals surface area contributed by atoms with E-state index in [1.165, 1.54) is 52.0 Å². The highest BCUT2D eigenvalue weighted by Crippen LogP contribution is 1.89. The fourth-order valence-electron chi connectivity index (χ4n) is 1.39. The first-order chi connectivity index (χ1) is 6.35. The van der Waals surface area contributed by atoms with E-state index in [9.17, 15) is 0 Å². The highest BCUT2D eigenvalue weighted by Gasteiger charge is 1.96. The summed E-state index contributed by atoms with van der Waals surface area (Å²) < 4.78 is 0. The van der Waals surface area contributed by atoms with Gasteiger partial charge in [-0.1, -0.05) is 27.2 Å². The summed E-state index contributed by atoms with van der Waals surface area (Å²) in [6.07, 6.45) is 3.89. The van der Waals surface area contributed by atoms with Crippen molar-refractivity contribution >= 4 is 0 Å². The van der Waals surface area contributed by atoms with Gasteiger partial charge in [-0.05, 0) is 45.6 Å². The molecule has 0 bridgehead atoms. The third-order valence-corrected chi connectivity index (χ3v) is 2.43. The molecule has 2 nitrogen and oxygen atoms in total. The second-order valence-electron chi connectivity index (χ2n) is 3.48. The van der Waals surface area contributed by atoms with Crippen LogP contribution >= 0.6 is 0 Å². The minimum absolute atomic E-state index is 1.18. The van der Waals surface area contributed by atoms with Gasteiger partial charge in [0.05, 0.1) is 0 Å². The van der Waals surface area contributed by atoms with Crippen LogP contribution in [0.25, 0.3) is 0 Å². The normalized spacial score (nSPS) is 11.1. The minimum atomic E-state index is 1.18. The van der Waals surface area contributed by atoms with E-state index in [4.69, 9.17) is 0 Å². The SMILES string of the molecule is CCCCNCCCN(CC)CC. The predicted octanol–water partition coefficient (Wildman–Crippen LogP) is 2.11. The van der Waals surface area contributed by atoms with Gasteiger partial charge in [0.1, 0.15) is 0 Å². The lowest BCUT2D eigenvalue weighted by molar-refractivity contribution is 0.298. The molecular formula is C11H26N2. The van der Waals surface area contributed by atoms with Crippen LogP contribution in [-0.2, 0) is 0 Å². The summed E-state index contributed by atoms with van der Waals surface area (Å²) in [7, 11) is 0. The molecule has 0 saturated carbocycles. The molecule has 2 heteroatoms. The van der Waals surface area contributed by atoms with Crippen molar-refractivity contribution in [3.05, 3.63) is 0 Å². The van der Waals surface area contributed by atoms with Crippen LogP contribution in [0.4, 0.5) is 0 Å². The van der Waals surface area contributed by atoms with Gasteiger partial charge in [-0.2, -0.15) is 0 Å². The van der Waals surface area contributed by atoms with Gasteiger partial charge in [0.15, 0.2) is 0 Å². The van der Waals surface area contributed by atoms with Gasteiger partial charge in [-0.25, -0.2) is 0 Å². The largest absolute Gasteiger partial charge is 0.317 e. The average Bonchev–Trinajstić information content (AvgIpc) is 2.17. The Kier molecular flexibility index (Phi) is 9.94. The topological polar surface area (TPSA) is 15.3 Å². The third kappa shape index (κ3) is 8.26. The van der Waals surface area contributed by atoms with Gasteiger partial charge in [0, 0.05) is 0 Å². The number of nitrogens with zero attached hydrogens (tertiary/aromatic N) is 1. The number of hydrogen-bond donors (Lipinski definition) is 1. The molecule has 0 spiro atoms. The molecule has 0 radical (unpaired) electrons. The Balaban J connectivity index is 3.05. The van der Waals surface area contributed by atoms with Crippen molar-refractivity contribution < 1.29 is 0 Å². The molecule has 0 aromatic carbocycles. The summed E-state index contributed by atoms with van der Waals surface area (Å²) in [5, 5.41) is 3.46. The molecule has 80 valence electrons. The molecule has 0 fully saturated rings. The fraction of sp³-hybridized carbons (Fsp3) is 1.00. The first kappa shape index (κ1) is 12.9. The van der Waals surface area contributed by atoms with E-state index in [0.717, 1.165) is 0 Å². The van der Waals surface area contributed by atoms with E-state index in [1.54, 1.807) is 0 Å². The summed E-state index contributed by atoms with van der Waals surface area (Å²) in [5.74, 6) is 0. The summed E-state index contributed by atoms with van der Waals surface area (Å²) in [6.45, 7) is 12.7. The van der Waals surface area contributed by atoms with Crippen molar-refractivity contribution in [3.8, 4) is 0 Å². The van der Waals surface area contributed by atoms with Crippen molar-refractivity contribution in [1.82, 2.24) is 10.2 Å². The fourth-order valence-corrected chi connectivity index (χ4v) is 1.39. The first-order valence-corrected chi connectivity index (χ1v) is 5.78. The van der Waals surface area contributed by atoms with E-state index >= 15 is 0 Å². The molecule has 0 unspecified atom stereocenters. The Bertz CT molecular complexity index is 90.1. The maximum absolute atomic E-state index is 3.46. The second-order valence-corrected chi connectivity index (χ2v) is 3.48. The minimum Gasteiger partial charge on any atom is -0.317 e. The molecule has 0 amide bonds. The zero-order valence-corrected chi connectivity index (χ0v) is 9.60. The molecule has 0 aromatic rings. The molecule has 0 rings (SSSR count). The lowest BCUT2D eigenvalue weighted by atomic mass is 10.3. The maximum Gasteiger partial charge on any atom is -0.000687 e. The molecule has 1 N–H and O–H groups in total. The quantitative estimate of drug-likeness (QED) is 0.555. The Morgan fingerprint density at radius 1 is 0.923 bits per heavy atom. The number of hydrogen-bond acceptors (Lipinski definition) is 2. The maximum atomic E-state index is 3.46. The van der Waals surface area contributed by atoms with Gasteiger partial charge in [0.25, 0.3) is 0 Å². The van der Waals surface area contributed by atoms with Crippen LogP contribution < -0.4 is 5.32 Å². The molecule has 13 heavy (non-hydrogen) atoms. The molecule has 0 saturated heterocycles. The predicted molar refractivity (Wildman–Crippen MR) is 60.2 cm³/mol. The number of rotatable bonds is 9. The van der Waals surface area contributed by atoms with Gasteiger partial charge in [-0.15, -0.1) is 0 Å². The first-order valence-electron chi connectivity index (χ1n) is 5.78. The molecule has 0 heterocycles. The van der Waals surface area contributed by atoms with Crippen molar-refractivity contribution in [2.24, 2.45) is 0 Å². The van der Waals surface area contributed by atoms with Gasteiger partial charge in [0.2, 0.25) is 0 Å². The number of unbranched alkanes of at least 4 members (excludes halogenated alkanes) is 1. The van der Waals surface area contributed by atoms with Crippen LogP contribution in [0.5, 0.6) is 0 Å². The van der Waals surface area contributed by atoms with Crippen molar-refractivity contribution in [2.45, 2.75) is 40.0 Å². The van der Waals surface area contributed by atoms with E-state index in [0.29, 0.717) is 0 Å². The lowest BCUT2D eigenvalue weighted by Crippen LogP contribution is -2.27. The molecule has 0 aliphatic rings. The standard InChI is InChI=1S/C11H26N2/c1-4-7-9-12-10-8-11-13(5-2)6-3/h12H,4-11H2,1-3H3. The second kappa shape index (κ2) is 10.0. The van der Waals surface area contributed by atoms with E-state index < -0.39 is 0 Å². The number of nitrogens with one attached hydrogen (secondary N) is 1. The Morgan fingerprint density at radius 2 is 1.54 bits per heavy atom. The molecule has 0 aromatic heterocycles. The monoisotopic (exact) mass is 186 g/mol. The van der Waals surface area contributed by atoms with Crippen LogP contribution in [-0.4, -0.2) is 37.6 Å². The summed E-state index contributed by atoms with van der Waals surface area (Å²) in [4.78, 5) is 2.47. The summed E-state index contributed by atoms with van der Waals surface area (Å²) in [5.41, 5.74) is 0. The van der Waals surface area contributed by atoms with Crippen LogP contribution in [0.1, 0.15) is 40.0 Å².